The molecule has 0 bridgehead atoms. The maximum absolute atomic E-state index is 12.9. The minimum Gasteiger partial charge on any atom is -0.394 e. The molecule has 7 heteroatoms. The average Bonchev–Trinajstić information content (AvgIpc) is 3.24. The second-order valence-corrected chi connectivity index (χ2v) is 9.12. The minimum absolute atomic E-state index is 0.0909. The summed E-state index contributed by atoms with van der Waals surface area (Å²) in [6, 6.07) is 19.1. The van der Waals surface area contributed by atoms with Gasteiger partial charge in [-0.25, -0.2) is 0 Å². The molecule has 0 saturated carbocycles. The van der Waals surface area contributed by atoms with Crippen LogP contribution in [0.15, 0.2) is 76.7 Å². The van der Waals surface area contributed by atoms with Crippen molar-refractivity contribution in [3.05, 3.63) is 83.8 Å². The van der Waals surface area contributed by atoms with Gasteiger partial charge in [-0.15, -0.1) is 0 Å². The predicted molar refractivity (Wildman–Crippen MR) is 133 cm³/mol. The molecule has 2 aromatic carbocycles. The molecule has 0 aliphatic heterocycles. The summed E-state index contributed by atoms with van der Waals surface area (Å²) >= 11 is 1.52. The molecule has 0 radical (unpaired) electrons. The van der Waals surface area contributed by atoms with Gasteiger partial charge in [0.2, 0.25) is 0 Å². The van der Waals surface area contributed by atoms with Gasteiger partial charge >= 0.3 is 0 Å². The summed E-state index contributed by atoms with van der Waals surface area (Å²) in [5.74, 6) is -0.0436. The Labute approximate surface area is 197 Å². The van der Waals surface area contributed by atoms with Crippen LogP contribution in [-0.4, -0.2) is 38.8 Å². The monoisotopic (exact) mass is 458 g/mol. The van der Waals surface area contributed by atoms with Crippen LogP contribution >= 0.6 is 11.8 Å². The zero-order chi connectivity index (χ0) is 23.2. The molecular weight excluding hydrogens is 432 g/mol. The maximum Gasteiger partial charge on any atom is 0.252 e. The van der Waals surface area contributed by atoms with Crippen LogP contribution in [0.2, 0.25) is 0 Å². The molecule has 0 aliphatic carbocycles. The first-order valence-corrected chi connectivity index (χ1v) is 11.6. The summed E-state index contributed by atoms with van der Waals surface area (Å²) < 4.78 is 0. The van der Waals surface area contributed by atoms with Crippen molar-refractivity contribution in [1.82, 2.24) is 20.5 Å². The Balaban J connectivity index is 1.54. The lowest BCUT2D eigenvalue weighted by molar-refractivity contribution is 0.0894. The van der Waals surface area contributed by atoms with Crippen LogP contribution in [-0.2, 0) is 0 Å². The van der Waals surface area contributed by atoms with Crippen LogP contribution < -0.4 is 5.32 Å². The number of hydrogen-bond acceptors (Lipinski definition) is 5. The average molecular weight is 459 g/mol. The molecule has 168 valence electrons. The molecule has 2 aromatic heterocycles. The highest BCUT2D eigenvalue weighted by Gasteiger charge is 2.18. The van der Waals surface area contributed by atoms with E-state index in [1.54, 1.807) is 6.20 Å². The Morgan fingerprint density at radius 1 is 1.12 bits per heavy atom. The summed E-state index contributed by atoms with van der Waals surface area (Å²) in [4.78, 5) is 19.0. The van der Waals surface area contributed by atoms with E-state index < -0.39 is 0 Å². The number of benzene rings is 2. The van der Waals surface area contributed by atoms with Gasteiger partial charge in [0.15, 0.2) is 0 Å². The van der Waals surface area contributed by atoms with Crippen LogP contribution in [0, 0.1) is 5.92 Å². The van der Waals surface area contributed by atoms with E-state index in [9.17, 15) is 9.90 Å². The highest BCUT2D eigenvalue weighted by molar-refractivity contribution is 7.99. The van der Waals surface area contributed by atoms with Crippen molar-refractivity contribution >= 4 is 40.7 Å². The third-order valence-corrected chi connectivity index (χ3v) is 6.41. The molecule has 0 spiro atoms. The molecule has 33 heavy (non-hydrogen) atoms. The highest BCUT2D eigenvalue weighted by atomic mass is 32.2. The van der Waals surface area contributed by atoms with Crippen LogP contribution in [0.4, 0.5) is 0 Å². The lowest BCUT2D eigenvalue weighted by Crippen LogP contribution is -2.41. The van der Waals surface area contributed by atoms with Gasteiger partial charge in [0, 0.05) is 21.4 Å². The topological polar surface area (TPSA) is 90.9 Å². The van der Waals surface area contributed by atoms with E-state index in [4.69, 9.17) is 0 Å². The third-order valence-electron chi connectivity index (χ3n) is 5.34. The van der Waals surface area contributed by atoms with Crippen LogP contribution in [0.5, 0.6) is 0 Å². The number of carbonyl (C=O) groups is 1. The number of aromatic nitrogens is 3. The van der Waals surface area contributed by atoms with Crippen LogP contribution in [0.25, 0.3) is 23.1 Å². The zero-order valence-corrected chi connectivity index (χ0v) is 19.3. The van der Waals surface area contributed by atoms with E-state index in [2.05, 4.69) is 20.5 Å². The van der Waals surface area contributed by atoms with Gasteiger partial charge in [-0.2, -0.15) is 5.10 Å². The fourth-order valence-corrected chi connectivity index (χ4v) is 4.37. The summed E-state index contributed by atoms with van der Waals surface area (Å²) in [6.07, 6.45) is 5.64. The Bertz CT molecular complexity index is 1270. The summed E-state index contributed by atoms with van der Waals surface area (Å²) in [5.41, 5.74) is 3.22. The van der Waals surface area contributed by atoms with Gasteiger partial charge in [-0.3, -0.25) is 14.9 Å². The first-order chi connectivity index (χ1) is 16.0. The number of hydrogen-bond donors (Lipinski definition) is 3. The maximum atomic E-state index is 12.9. The second-order valence-electron chi connectivity index (χ2n) is 8.01. The standard InChI is InChI=1S/C26H26N4O2S/c1-17(2)24(16-31)28-26(32)21-8-3-4-9-25(21)33-19-11-12-20-22(29-30-23(20)15-19)13-10-18-7-5-6-14-27-18/h3-15,17,24,31H,16H2,1-2H3,(H,28,32)(H,29,30)/b13-10+/t24-/m1/s1. The van der Waals surface area contributed by atoms with Crippen molar-refractivity contribution in [1.29, 1.82) is 0 Å². The van der Waals surface area contributed by atoms with Crippen molar-refractivity contribution in [2.24, 2.45) is 5.92 Å². The minimum atomic E-state index is -0.283. The Hall–Kier alpha value is -3.42. The Morgan fingerprint density at radius 3 is 2.70 bits per heavy atom. The van der Waals surface area contributed by atoms with E-state index >= 15 is 0 Å². The van der Waals surface area contributed by atoms with Gasteiger partial charge in [0.05, 0.1) is 35.1 Å². The van der Waals surface area contributed by atoms with Gasteiger partial charge in [0.25, 0.3) is 5.91 Å². The molecule has 4 rings (SSSR count). The number of nitrogens with zero attached hydrogens (tertiary/aromatic N) is 2. The quantitative estimate of drug-likeness (QED) is 0.345. The largest absolute Gasteiger partial charge is 0.394 e. The van der Waals surface area contributed by atoms with Crippen molar-refractivity contribution in [2.75, 3.05) is 6.61 Å². The highest BCUT2D eigenvalue weighted by Crippen LogP contribution is 2.33. The van der Waals surface area contributed by atoms with Gasteiger partial charge in [0.1, 0.15) is 0 Å². The fourth-order valence-electron chi connectivity index (χ4n) is 3.39. The Morgan fingerprint density at radius 2 is 1.94 bits per heavy atom. The molecule has 6 nitrogen and oxygen atoms in total. The number of H-pyrrole nitrogens is 1. The molecule has 4 aromatic rings. The van der Waals surface area contributed by atoms with E-state index in [1.807, 2.05) is 86.7 Å². The number of rotatable bonds is 8. The number of aliphatic hydroxyl groups excluding tert-OH is 1. The molecular formula is C26H26N4O2S. The van der Waals surface area contributed by atoms with Crippen LogP contribution in [0.1, 0.15) is 35.6 Å². The van der Waals surface area contributed by atoms with Gasteiger partial charge < -0.3 is 10.4 Å². The molecule has 1 atom stereocenters. The number of aromatic amines is 1. The molecule has 1 amide bonds. The molecule has 0 fully saturated rings. The van der Waals surface area contributed by atoms with Crippen molar-refractivity contribution < 1.29 is 9.90 Å². The molecule has 0 unspecified atom stereocenters. The van der Waals surface area contributed by atoms with E-state index in [-0.39, 0.29) is 24.5 Å². The third kappa shape index (κ3) is 5.50. The summed E-state index contributed by atoms with van der Waals surface area (Å²) in [6.45, 7) is 3.86. The number of aliphatic hydroxyl groups is 1. The second kappa shape index (κ2) is 10.5. The summed E-state index contributed by atoms with van der Waals surface area (Å²) in [5, 5.41) is 21.0. The van der Waals surface area contributed by atoms with Crippen LogP contribution in [0.3, 0.4) is 0 Å². The Kier molecular flexibility index (Phi) is 7.22. The molecule has 0 aliphatic rings. The fraction of sp³-hybridized carbons (Fsp3) is 0.192. The molecule has 0 saturated heterocycles. The van der Waals surface area contributed by atoms with Crippen molar-refractivity contribution in [3.63, 3.8) is 0 Å². The lowest BCUT2D eigenvalue weighted by atomic mass is 10.0. The number of amides is 1. The van der Waals surface area contributed by atoms with Gasteiger partial charge in [-0.05, 0) is 60.5 Å². The normalized spacial score (nSPS) is 12.5. The SMILES string of the molecule is CC(C)[C@@H](CO)NC(=O)c1ccccc1Sc1ccc2c(/C=C/c3ccccn3)n[nH]c2c1. The first-order valence-electron chi connectivity index (χ1n) is 10.8. The number of fused-ring (bicyclic) bond motifs is 1. The van der Waals surface area contributed by atoms with E-state index in [1.165, 1.54) is 11.8 Å². The number of carbonyl (C=O) groups excluding carboxylic acids is 1. The van der Waals surface area contributed by atoms with Crippen molar-refractivity contribution in [3.8, 4) is 0 Å². The molecule has 2 heterocycles. The van der Waals surface area contributed by atoms with E-state index in [0.717, 1.165) is 32.1 Å². The smallest absolute Gasteiger partial charge is 0.252 e. The number of pyridine rings is 1. The predicted octanol–water partition coefficient (Wildman–Crippen LogP) is 5.03. The zero-order valence-electron chi connectivity index (χ0n) is 18.5. The van der Waals surface area contributed by atoms with E-state index in [0.29, 0.717) is 5.56 Å². The van der Waals surface area contributed by atoms with Crippen molar-refractivity contribution in [2.45, 2.75) is 29.7 Å². The summed E-state index contributed by atoms with van der Waals surface area (Å²) in [7, 11) is 0. The number of nitrogens with one attached hydrogen (secondary N) is 2. The first kappa shape index (κ1) is 22.8. The molecule has 3 N–H and O–H groups in total. The lowest BCUT2D eigenvalue weighted by Gasteiger charge is -2.20. The van der Waals surface area contributed by atoms with Gasteiger partial charge in [-0.1, -0.05) is 43.8 Å².